The van der Waals surface area contributed by atoms with Crippen LogP contribution in [-0.2, 0) is 9.59 Å². The highest BCUT2D eigenvalue weighted by Gasteiger charge is 2.38. The average molecular weight is 454 g/mol. The van der Waals surface area contributed by atoms with Crippen LogP contribution < -0.4 is 5.32 Å². The van der Waals surface area contributed by atoms with E-state index in [0.717, 1.165) is 40.6 Å². The number of alkyl halides is 3. The Balaban J connectivity index is 0.000000339. The zero-order valence-corrected chi connectivity index (χ0v) is 17.1. The van der Waals surface area contributed by atoms with Crippen molar-refractivity contribution in [2.45, 2.75) is 32.4 Å². The molecule has 1 aliphatic rings. The zero-order chi connectivity index (χ0) is 22.8. The van der Waals surface area contributed by atoms with E-state index in [1.807, 2.05) is 31.2 Å². The lowest BCUT2D eigenvalue weighted by atomic mass is 9.85. The molecule has 1 saturated carbocycles. The van der Waals surface area contributed by atoms with Crippen LogP contribution in [0.25, 0.3) is 21.3 Å². The Morgan fingerprint density at radius 1 is 1.19 bits per heavy atom. The Bertz CT molecular complexity index is 1100. The molecule has 4 rings (SSSR count). The van der Waals surface area contributed by atoms with Crippen LogP contribution in [0.3, 0.4) is 0 Å². The van der Waals surface area contributed by atoms with Gasteiger partial charge in [-0.05, 0) is 49.1 Å². The third-order valence-corrected chi connectivity index (χ3v) is 5.78. The second kappa shape index (κ2) is 9.01. The van der Waals surface area contributed by atoms with E-state index >= 15 is 0 Å². The predicted molar refractivity (Wildman–Crippen MR) is 109 cm³/mol. The number of carboxylic acids is 1. The van der Waals surface area contributed by atoms with Crippen molar-refractivity contribution >= 4 is 38.6 Å². The summed E-state index contributed by atoms with van der Waals surface area (Å²) in [5, 5.41) is 10.6. The number of fused-ring (bicyclic) bond motifs is 1. The maximum atomic E-state index is 14.2. The number of nitrogens with one attached hydrogen (secondary N) is 1. The molecule has 1 amide bonds. The van der Waals surface area contributed by atoms with E-state index in [2.05, 4.69) is 10.3 Å². The van der Waals surface area contributed by atoms with Gasteiger partial charge in [0, 0.05) is 11.5 Å². The number of hydrogen-bond donors (Lipinski definition) is 2. The summed E-state index contributed by atoms with van der Waals surface area (Å²) in [5.41, 5.74) is 3.17. The van der Waals surface area contributed by atoms with Crippen LogP contribution in [0.1, 0.15) is 24.8 Å². The second-order valence-electron chi connectivity index (χ2n) is 7.05. The number of rotatable bonds is 3. The van der Waals surface area contributed by atoms with Gasteiger partial charge in [0.1, 0.15) is 5.82 Å². The molecule has 1 fully saturated rings. The highest BCUT2D eigenvalue weighted by Crippen LogP contribution is 2.34. The minimum Gasteiger partial charge on any atom is -0.475 e. The summed E-state index contributed by atoms with van der Waals surface area (Å²) < 4.78 is 46.9. The van der Waals surface area contributed by atoms with Gasteiger partial charge in [0.15, 0.2) is 5.13 Å². The SMILES string of the molecule is Cc1cccc(F)c1-c1ccc2nc(NC(=O)C3CCC3)sc2c1.O=C(O)C(F)(F)F. The van der Waals surface area contributed by atoms with Gasteiger partial charge in [-0.3, -0.25) is 4.79 Å². The minimum absolute atomic E-state index is 0.0606. The van der Waals surface area contributed by atoms with Crippen molar-refractivity contribution in [1.82, 2.24) is 4.98 Å². The number of carbonyl (C=O) groups is 2. The van der Waals surface area contributed by atoms with E-state index in [0.29, 0.717) is 10.7 Å². The number of benzene rings is 2. The summed E-state index contributed by atoms with van der Waals surface area (Å²) in [6.45, 7) is 1.90. The van der Waals surface area contributed by atoms with Crippen LogP contribution in [-0.4, -0.2) is 28.1 Å². The number of amides is 1. The Kier molecular flexibility index (Phi) is 6.59. The third kappa shape index (κ3) is 5.38. The standard InChI is InChI=1S/C19H17FN2OS.C2HF3O2/c1-11-4-2-7-14(20)17(11)13-8-9-15-16(10-13)24-19(21-15)22-18(23)12-5-3-6-12;3-2(4,5)1(6)7/h2,4,7-10,12H,3,5-6H2,1H3,(H,21,22,23);(H,6,7). The number of aromatic nitrogens is 1. The Hall–Kier alpha value is -3.01. The molecule has 0 radical (unpaired) electrons. The van der Waals surface area contributed by atoms with Gasteiger partial charge in [0.2, 0.25) is 5.91 Å². The van der Waals surface area contributed by atoms with Gasteiger partial charge in [-0.15, -0.1) is 0 Å². The molecule has 0 atom stereocenters. The van der Waals surface area contributed by atoms with Crippen molar-refractivity contribution in [3.63, 3.8) is 0 Å². The van der Waals surface area contributed by atoms with Gasteiger partial charge in [0.05, 0.1) is 10.2 Å². The Morgan fingerprint density at radius 2 is 1.87 bits per heavy atom. The first-order valence-electron chi connectivity index (χ1n) is 9.33. The molecule has 0 spiro atoms. The van der Waals surface area contributed by atoms with Crippen LogP contribution in [0.4, 0.5) is 22.7 Å². The molecule has 0 saturated heterocycles. The molecular formula is C21H18F4N2O3S. The summed E-state index contributed by atoms with van der Waals surface area (Å²) in [7, 11) is 0. The number of carboxylic acid groups (broad SMARTS) is 1. The maximum Gasteiger partial charge on any atom is 0.490 e. The number of aryl methyl sites for hydroxylation is 1. The monoisotopic (exact) mass is 454 g/mol. The first kappa shape index (κ1) is 22.7. The van der Waals surface area contributed by atoms with Crippen molar-refractivity contribution in [2.75, 3.05) is 5.32 Å². The topological polar surface area (TPSA) is 79.3 Å². The summed E-state index contributed by atoms with van der Waals surface area (Å²) in [6.07, 6.45) is -2.02. The van der Waals surface area contributed by atoms with Gasteiger partial charge in [0.25, 0.3) is 0 Å². The van der Waals surface area contributed by atoms with Gasteiger partial charge < -0.3 is 10.4 Å². The zero-order valence-electron chi connectivity index (χ0n) is 16.3. The molecule has 0 unspecified atom stereocenters. The average Bonchev–Trinajstić information content (AvgIpc) is 3.01. The van der Waals surface area contributed by atoms with Crippen LogP contribution in [0, 0.1) is 18.7 Å². The van der Waals surface area contributed by atoms with Crippen LogP contribution >= 0.6 is 11.3 Å². The first-order chi connectivity index (χ1) is 14.6. The predicted octanol–water partition coefficient (Wildman–Crippen LogP) is 5.78. The number of nitrogens with zero attached hydrogens (tertiary/aromatic N) is 1. The molecule has 2 N–H and O–H groups in total. The van der Waals surface area contributed by atoms with E-state index < -0.39 is 12.1 Å². The molecule has 2 aromatic carbocycles. The van der Waals surface area contributed by atoms with Crippen molar-refractivity contribution in [3.8, 4) is 11.1 Å². The molecule has 3 aromatic rings. The van der Waals surface area contributed by atoms with Crippen LogP contribution in [0.5, 0.6) is 0 Å². The fourth-order valence-electron chi connectivity index (χ4n) is 3.01. The van der Waals surface area contributed by atoms with Gasteiger partial charge in [-0.1, -0.05) is 36.0 Å². The second-order valence-corrected chi connectivity index (χ2v) is 8.08. The molecule has 1 heterocycles. The molecule has 0 aliphatic heterocycles. The molecule has 10 heteroatoms. The lowest BCUT2D eigenvalue weighted by Crippen LogP contribution is -2.27. The van der Waals surface area contributed by atoms with E-state index in [1.54, 1.807) is 6.07 Å². The fourth-order valence-corrected chi connectivity index (χ4v) is 3.92. The summed E-state index contributed by atoms with van der Waals surface area (Å²) in [4.78, 5) is 25.4. The van der Waals surface area contributed by atoms with E-state index in [9.17, 15) is 22.4 Å². The quantitative estimate of drug-likeness (QED) is 0.492. The number of halogens is 4. The van der Waals surface area contributed by atoms with Crippen LogP contribution in [0.15, 0.2) is 36.4 Å². The highest BCUT2D eigenvalue weighted by molar-refractivity contribution is 7.22. The lowest BCUT2D eigenvalue weighted by molar-refractivity contribution is -0.192. The molecule has 5 nitrogen and oxygen atoms in total. The van der Waals surface area contributed by atoms with Crippen molar-refractivity contribution in [2.24, 2.45) is 5.92 Å². The molecule has 1 aliphatic carbocycles. The van der Waals surface area contributed by atoms with E-state index in [1.165, 1.54) is 17.4 Å². The van der Waals surface area contributed by atoms with E-state index in [4.69, 9.17) is 9.90 Å². The van der Waals surface area contributed by atoms with Gasteiger partial charge in [-0.2, -0.15) is 13.2 Å². The number of aliphatic carboxylic acids is 1. The molecule has 31 heavy (non-hydrogen) atoms. The summed E-state index contributed by atoms with van der Waals surface area (Å²) in [5.74, 6) is -2.79. The summed E-state index contributed by atoms with van der Waals surface area (Å²) >= 11 is 1.43. The molecule has 1 aromatic heterocycles. The smallest absolute Gasteiger partial charge is 0.475 e. The highest BCUT2D eigenvalue weighted by atomic mass is 32.1. The van der Waals surface area contributed by atoms with Crippen molar-refractivity contribution in [3.05, 3.63) is 47.8 Å². The lowest BCUT2D eigenvalue weighted by Gasteiger charge is -2.23. The minimum atomic E-state index is -5.08. The molecule has 164 valence electrons. The largest absolute Gasteiger partial charge is 0.490 e. The number of carbonyl (C=O) groups excluding carboxylic acids is 1. The summed E-state index contributed by atoms with van der Waals surface area (Å²) in [6, 6.07) is 10.8. The van der Waals surface area contributed by atoms with Gasteiger partial charge >= 0.3 is 12.1 Å². The Morgan fingerprint density at radius 3 is 2.42 bits per heavy atom. The maximum absolute atomic E-state index is 14.2. The fraction of sp³-hybridized carbons (Fsp3) is 0.286. The van der Waals surface area contributed by atoms with Crippen molar-refractivity contribution in [1.29, 1.82) is 0 Å². The molecule has 0 bridgehead atoms. The first-order valence-corrected chi connectivity index (χ1v) is 10.1. The number of anilines is 1. The van der Waals surface area contributed by atoms with E-state index in [-0.39, 0.29) is 17.6 Å². The van der Waals surface area contributed by atoms with Crippen LogP contribution in [0.2, 0.25) is 0 Å². The molecular weight excluding hydrogens is 436 g/mol. The van der Waals surface area contributed by atoms with Crippen molar-refractivity contribution < 1.29 is 32.3 Å². The number of hydrogen-bond acceptors (Lipinski definition) is 4. The van der Waals surface area contributed by atoms with Gasteiger partial charge in [-0.25, -0.2) is 14.2 Å². The number of thiazole rings is 1. The third-order valence-electron chi connectivity index (χ3n) is 4.85. The Labute approximate surface area is 178 Å². The normalized spacial score (nSPS) is 13.8.